The van der Waals surface area contributed by atoms with Gasteiger partial charge in [-0.05, 0) is 12.1 Å². The average molecular weight is 282 g/mol. The summed E-state index contributed by atoms with van der Waals surface area (Å²) < 4.78 is 11.1. The minimum absolute atomic E-state index is 0.0998. The van der Waals surface area contributed by atoms with E-state index in [1.807, 2.05) is 18.2 Å². The van der Waals surface area contributed by atoms with Gasteiger partial charge >= 0.3 is 12.0 Å². The highest BCUT2D eigenvalue weighted by Gasteiger charge is 2.13. The quantitative estimate of drug-likeness (QED) is 0.798. The lowest BCUT2D eigenvalue weighted by Gasteiger charge is -2.01. The second kappa shape index (κ2) is 5.71. The molecule has 0 spiro atoms. The highest BCUT2D eigenvalue weighted by atomic mass is 35.5. The van der Waals surface area contributed by atoms with Gasteiger partial charge in [0.25, 0.3) is 0 Å². The lowest BCUT2D eigenvalue weighted by atomic mass is 10.2. The van der Waals surface area contributed by atoms with Crippen LogP contribution in [0.15, 0.2) is 24.3 Å². The van der Waals surface area contributed by atoms with Gasteiger partial charge in [-0.25, -0.2) is 9.48 Å². The Labute approximate surface area is 114 Å². The summed E-state index contributed by atoms with van der Waals surface area (Å²) in [4.78, 5) is 15.2. The number of rotatable bonds is 4. The molecule has 100 valence electrons. The zero-order valence-electron chi connectivity index (χ0n) is 10.5. The van der Waals surface area contributed by atoms with Crippen molar-refractivity contribution in [1.82, 2.24) is 14.8 Å². The first kappa shape index (κ1) is 13.4. The molecular formula is C12H12ClN3O3. The van der Waals surface area contributed by atoms with Crippen molar-refractivity contribution in [3.05, 3.63) is 29.3 Å². The first-order valence-electron chi connectivity index (χ1n) is 5.47. The van der Waals surface area contributed by atoms with E-state index in [0.717, 1.165) is 5.56 Å². The number of halogens is 1. The minimum atomic E-state index is -0.494. The molecule has 0 fully saturated rings. The molecule has 0 aliphatic heterocycles. The molecule has 0 saturated heterocycles. The van der Waals surface area contributed by atoms with E-state index in [2.05, 4.69) is 14.8 Å². The van der Waals surface area contributed by atoms with Crippen LogP contribution in [0.25, 0.3) is 11.4 Å². The summed E-state index contributed by atoms with van der Waals surface area (Å²) >= 11 is 6.09. The van der Waals surface area contributed by atoms with Crippen molar-refractivity contribution in [2.24, 2.45) is 7.05 Å². The van der Waals surface area contributed by atoms with Crippen LogP contribution in [0, 0.1) is 0 Å². The summed E-state index contributed by atoms with van der Waals surface area (Å²) in [6, 6.07) is 7.38. The Morgan fingerprint density at radius 3 is 2.84 bits per heavy atom. The Kier molecular flexibility index (Phi) is 4.01. The second-order valence-corrected chi connectivity index (χ2v) is 4.09. The predicted molar refractivity (Wildman–Crippen MR) is 69.0 cm³/mol. The summed E-state index contributed by atoms with van der Waals surface area (Å²) in [5.74, 6) is 0.0669. The first-order chi connectivity index (χ1) is 9.11. The summed E-state index contributed by atoms with van der Waals surface area (Å²) in [7, 11) is 3.00. The number of esters is 1. The number of nitrogens with zero attached hydrogens (tertiary/aromatic N) is 3. The molecule has 0 unspecified atom stereocenters. The summed E-state index contributed by atoms with van der Waals surface area (Å²) in [5.41, 5.74) is 0.743. The fourth-order valence-corrected chi connectivity index (χ4v) is 1.70. The number of aryl methyl sites for hydroxylation is 1. The molecule has 7 heteroatoms. The SMILES string of the molecule is COC(=O)COc1nc(-c2ccccc2Cl)n(C)n1. The van der Waals surface area contributed by atoms with Gasteiger partial charge in [0, 0.05) is 12.6 Å². The van der Waals surface area contributed by atoms with Crippen molar-refractivity contribution in [3.63, 3.8) is 0 Å². The molecule has 1 aromatic heterocycles. The molecule has 0 N–H and O–H groups in total. The third kappa shape index (κ3) is 3.03. The highest BCUT2D eigenvalue weighted by Crippen LogP contribution is 2.26. The van der Waals surface area contributed by atoms with E-state index in [4.69, 9.17) is 16.3 Å². The largest absolute Gasteiger partial charge is 0.466 e. The van der Waals surface area contributed by atoms with Crippen LogP contribution < -0.4 is 4.74 Å². The van der Waals surface area contributed by atoms with Gasteiger partial charge in [-0.15, -0.1) is 5.10 Å². The lowest BCUT2D eigenvalue weighted by molar-refractivity contribution is -0.143. The highest BCUT2D eigenvalue weighted by molar-refractivity contribution is 6.33. The molecule has 1 aromatic carbocycles. The average Bonchev–Trinajstić information content (AvgIpc) is 2.77. The maximum atomic E-state index is 11.0. The summed E-state index contributed by atoms with van der Waals surface area (Å²) in [5, 5.41) is 4.62. The fraction of sp³-hybridized carbons (Fsp3) is 0.250. The van der Waals surface area contributed by atoms with Gasteiger partial charge in [0.15, 0.2) is 12.4 Å². The van der Waals surface area contributed by atoms with Crippen molar-refractivity contribution < 1.29 is 14.3 Å². The third-order valence-corrected chi connectivity index (χ3v) is 2.73. The second-order valence-electron chi connectivity index (χ2n) is 3.69. The molecule has 0 aliphatic rings. The fourth-order valence-electron chi connectivity index (χ4n) is 1.48. The third-order valence-electron chi connectivity index (χ3n) is 2.41. The van der Waals surface area contributed by atoms with Crippen molar-refractivity contribution in [1.29, 1.82) is 0 Å². The standard InChI is InChI=1S/C12H12ClN3O3/c1-16-11(8-5-3-4-6-9(8)13)14-12(15-16)19-7-10(17)18-2/h3-6H,7H2,1-2H3. The number of hydrogen-bond donors (Lipinski definition) is 0. The molecule has 1 heterocycles. The van der Waals surface area contributed by atoms with Crippen molar-refractivity contribution in [2.75, 3.05) is 13.7 Å². The Hall–Kier alpha value is -2.08. The van der Waals surface area contributed by atoms with Crippen LogP contribution in [-0.2, 0) is 16.6 Å². The van der Waals surface area contributed by atoms with Crippen LogP contribution in [0.4, 0.5) is 0 Å². The Bertz CT molecular complexity index is 598. The topological polar surface area (TPSA) is 66.2 Å². The van der Waals surface area contributed by atoms with E-state index < -0.39 is 5.97 Å². The van der Waals surface area contributed by atoms with E-state index in [0.29, 0.717) is 10.8 Å². The van der Waals surface area contributed by atoms with Crippen LogP contribution >= 0.6 is 11.6 Å². The van der Waals surface area contributed by atoms with Gasteiger partial charge < -0.3 is 9.47 Å². The van der Waals surface area contributed by atoms with E-state index in [9.17, 15) is 4.79 Å². The van der Waals surface area contributed by atoms with Gasteiger partial charge in [-0.3, -0.25) is 0 Å². The maximum Gasteiger partial charge on any atom is 0.344 e. The number of benzene rings is 1. The first-order valence-corrected chi connectivity index (χ1v) is 5.85. The number of hydrogen-bond acceptors (Lipinski definition) is 5. The smallest absolute Gasteiger partial charge is 0.344 e. The molecule has 19 heavy (non-hydrogen) atoms. The Balaban J connectivity index is 2.22. The Morgan fingerprint density at radius 2 is 2.16 bits per heavy atom. The van der Waals surface area contributed by atoms with Gasteiger partial charge in [-0.2, -0.15) is 4.98 Å². The lowest BCUT2D eigenvalue weighted by Crippen LogP contribution is -2.13. The van der Waals surface area contributed by atoms with Crippen molar-refractivity contribution in [2.45, 2.75) is 0 Å². The van der Waals surface area contributed by atoms with E-state index in [-0.39, 0.29) is 12.6 Å². The molecule has 2 rings (SSSR count). The van der Waals surface area contributed by atoms with Crippen LogP contribution in [0.1, 0.15) is 0 Å². The van der Waals surface area contributed by atoms with Crippen LogP contribution in [0.5, 0.6) is 6.01 Å². The molecule has 6 nitrogen and oxygen atoms in total. The summed E-state index contributed by atoms with van der Waals surface area (Å²) in [6.45, 7) is -0.234. The number of carbonyl (C=O) groups excluding carboxylic acids is 1. The molecule has 0 atom stereocenters. The monoisotopic (exact) mass is 281 g/mol. The molecule has 0 radical (unpaired) electrons. The summed E-state index contributed by atoms with van der Waals surface area (Å²) in [6.07, 6.45) is 0. The van der Waals surface area contributed by atoms with Gasteiger partial charge in [0.1, 0.15) is 0 Å². The van der Waals surface area contributed by atoms with Crippen LogP contribution in [0.2, 0.25) is 5.02 Å². The minimum Gasteiger partial charge on any atom is -0.466 e. The molecule has 0 saturated carbocycles. The van der Waals surface area contributed by atoms with Crippen molar-refractivity contribution in [3.8, 4) is 17.4 Å². The van der Waals surface area contributed by atoms with Gasteiger partial charge in [0.2, 0.25) is 0 Å². The normalized spacial score (nSPS) is 10.3. The van der Waals surface area contributed by atoms with E-state index in [1.165, 1.54) is 11.8 Å². The zero-order chi connectivity index (χ0) is 13.8. The molecule has 2 aromatic rings. The van der Waals surface area contributed by atoms with E-state index >= 15 is 0 Å². The predicted octanol–water partition coefficient (Wildman–Crippen LogP) is 1.69. The number of ether oxygens (including phenoxy) is 2. The molecule has 0 bridgehead atoms. The maximum absolute atomic E-state index is 11.0. The van der Waals surface area contributed by atoms with Crippen LogP contribution in [0.3, 0.4) is 0 Å². The number of aromatic nitrogens is 3. The zero-order valence-corrected chi connectivity index (χ0v) is 11.2. The number of methoxy groups -OCH3 is 1. The van der Waals surface area contributed by atoms with Crippen molar-refractivity contribution >= 4 is 17.6 Å². The van der Waals surface area contributed by atoms with Gasteiger partial charge in [-0.1, -0.05) is 23.7 Å². The van der Waals surface area contributed by atoms with E-state index in [1.54, 1.807) is 13.1 Å². The molecule has 0 aliphatic carbocycles. The van der Waals surface area contributed by atoms with Gasteiger partial charge in [0.05, 0.1) is 12.1 Å². The number of carbonyl (C=O) groups is 1. The molecular weight excluding hydrogens is 270 g/mol. The Morgan fingerprint density at radius 1 is 1.42 bits per heavy atom. The molecule has 0 amide bonds. The van der Waals surface area contributed by atoms with Crippen LogP contribution in [-0.4, -0.2) is 34.5 Å².